The molecule has 1 saturated heterocycles. The minimum atomic E-state index is -0.447. The zero-order valence-corrected chi connectivity index (χ0v) is 10.2. The predicted molar refractivity (Wildman–Crippen MR) is 61.4 cm³/mol. The molecule has 0 aliphatic carbocycles. The third kappa shape index (κ3) is 2.02. The van der Waals surface area contributed by atoms with Gasteiger partial charge in [0.05, 0.1) is 12.7 Å². The molecule has 16 heavy (non-hydrogen) atoms. The largest absolute Gasteiger partial charge is 0.466 e. The summed E-state index contributed by atoms with van der Waals surface area (Å²) in [5.41, 5.74) is 2.04. The van der Waals surface area contributed by atoms with Crippen LogP contribution >= 0.6 is 0 Å². The van der Waals surface area contributed by atoms with Gasteiger partial charge in [0.2, 0.25) is 0 Å². The highest BCUT2D eigenvalue weighted by Gasteiger charge is 2.28. The van der Waals surface area contributed by atoms with Crippen LogP contribution in [-0.2, 0) is 4.74 Å². The topological polar surface area (TPSA) is 42.6 Å². The van der Waals surface area contributed by atoms with Crippen LogP contribution in [0, 0.1) is 26.7 Å². The average Bonchev–Trinajstić information content (AvgIpc) is 2.54. The zero-order valence-electron chi connectivity index (χ0n) is 10.2. The summed E-state index contributed by atoms with van der Waals surface area (Å²) in [7, 11) is 0. The summed E-state index contributed by atoms with van der Waals surface area (Å²) in [5, 5.41) is 10.4. The van der Waals surface area contributed by atoms with E-state index in [9.17, 15) is 5.11 Å². The van der Waals surface area contributed by atoms with Crippen molar-refractivity contribution in [3.8, 4) is 0 Å². The second-order valence-electron chi connectivity index (χ2n) is 4.68. The van der Waals surface area contributed by atoms with Gasteiger partial charge in [-0.05, 0) is 39.2 Å². The van der Waals surface area contributed by atoms with Crippen LogP contribution in [0.5, 0.6) is 0 Å². The Labute approximate surface area is 96.4 Å². The molecule has 0 bridgehead atoms. The summed E-state index contributed by atoms with van der Waals surface area (Å²) < 4.78 is 11.0. The van der Waals surface area contributed by atoms with Crippen molar-refractivity contribution in [3.05, 3.63) is 22.6 Å². The fourth-order valence-corrected chi connectivity index (χ4v) is 2.50. The number of hydrogen-bond acceptors (Lipinski definition) is 3. The molecule has 0 saturated carbocycles. The Hall–Kier alpha value is -0.800. The fourth-order valence-electron chi connectivity index (χ4n) is 2.50. The molecule has 0 spiro atoms. The van der Waals surface area contributed by atoms with E-state index >= 15 is 0 Å². The monoisotopic (exact) mass is 224 g/mol. The molecule has 1 fully saturated rings. The molecule has 2 atom stereocenters. The number of ether oxygens (including phenoxy) is 1. The summed E-state index contributed by atoms with van der Waals surface area (Å²) in [4.78, 5) is 0. The summed E-state index contributed by atoms with van der Waals surface area (Å²) in [6.45, 7) is 7.35. The first-order valence-electron chi connectivity index (χ1n) is 5.93. The van der Waals surface area contributed by atoms with Gasteiger partial charge in [-0.25, -0.2) is 0 Å². The highest BCUT2D eigenvalue weighted by Crippen LogP contribution is 2.34. The van der Waals surface area contributed by atoms with E-state index in [0.29, 0.717) is 6.61 Å². The number of aryl methyl sites for hydroxylation is 2. The zero-order chi connectivity index (χ0) is 11.7. The first-order valence-corrected chi connectivity index (χ1v) is 5.93. The lowest BCUT2D eigenvalue weighted by atomic mass is 9.89. The van der Waals surface area contributed by atoms with Gasteiger partial charge in [0, 0.05) is 18.1 Å². The molecule has 0 amide bonds. The third-order valence-electron chi connectivity index (χ3n) is 3.56. The number of rotatable bonds is 2. The average molecular weight is 224 g/mol. The summed E-state index contributed by atoms with van der Waals surface area (Å²) in [6.07, 6.45) is 1.62. The Morgan fingerprint density at radius 2 is 2.00 bits per heavy atom. The van der Waals surface area contributed by atoms with Crippen LogP contribution in [0.2, 0.25) is 0 Å². The molecule has 0 radical (unpaired) electrons. The van der Waals surface area contributed by atoms with Gasteiger partial charge in [-0.15, -0.1) is 0 Å². The van der Waals surface area contributed by atoms with Crippen molar-refractivity contribution < 1.29 is 14.3 Å². The highest BCUT2D eigenvalue weighted by atomic mass is 16.5. The second-order valence-corrected chi connectivity index (χ2v) is 4.68. The Balaban J connectivity index is 2.22. The van der Waals surface area contributed by atoms with Crippen LogP contribution in [0.4, 0.5) is 0 Å². The molecule has 1 aromatic heterocycles. The quantitative estimate of drug-likeness (QED) is 0.839. The second kappa shape index (κ2) is 4.60. The minimum Gasteiger partial charge on any atom is -0.466 e. The maximum atomic E-state index is 10.4. The maximum absolute atomic E-state index is 10.4. The smallest absolute Gasteiger partial charge is 0.107 e. The summed E-state index contributed by atoms with van der Waals surface area (Å²) >= 11 is 0. The van der Waals surface area contributed by atoms with Crippen LogP contribution in [-0.4, -0.2) is 18.3 Å². The molecule has 90 valence electrons. The molecule has 3 nitrogen and oxygen atoms in total. The van der Waals surface area contributed by atoms with Gasteiger partial charge in [0.1, 0.15) is 11.5 Å². The van der Waals surface area contributed by atoms with Crippen molar-refractivity contribution in [2.24, 2.45) is 5.92 Å². The normalized spacial score (nSPS) is 23.4. The van der Waals surface area contributed by atoms with E-state index in [1.807, 2.05) is 20.8 Å². The number of aliphatic hydroxyl groups excluding tert-OH is 1. The Morgan fingerprint density at radius 1 is 1.25 bits per heavy atom. The molecule has 2 rings (SSSR count). The molecule has 0 aromatic carbocycles. The van der Waals surface area contributed by atoms with Gasteiger partial charge in [0.15, 0.2) is 0 Å². The van der Waals surface area contributed by atoms with E-state index in [-0.39, 0.29) is 5.92 Å². The van der Waals surface area contributed by atoms with E-state index in [1.165, 1.54) is 0 Å². The first-order chi connectivity index (χ1) is 7.61. The number of furan rings is 1. The van der Waals surface area contributed by atoms with Crippen LogP contribution in [0.1, 0.15) is 41.6 Å². The standard InChI is InChI=1S/C13H20O3/c1-8-9(2)16-10(3)12(8)13(14)11-5-4-6-15-7-11/h11,13-14H,4-7H2,1-3H3. The van der Waals surface area contributed by atoms with Gasteiger partial charge >= 0.3 is 0 Å². The van der Waals surface area contributed by atoms with Gasteiger partial charge in [-0.2, -0.15) is 0 Å². The molecular formula is C13H20O3. The van der Waals surface area contributed by atoms with Crippen molar-refractivity contribution in [1.82, 2.24) is 0 Å². The van der Waals surface area contributed by atoms with Crippen molar-refractivity contribution in [1.29, 1.82) is 0 Å². The van der Waals surface area contributed by atoms with E-state index in [1.54, 1.807) is 0 Å². The maximum Gasteiger partial charge on any atom is 0.107 e. The van der Waals surface area contributed by atoms with Gasteiger partial charge in [-0.1, -0.05) is 0 Å². The lowest BCUT2D eigenvalue weighted by Gasteiger charge is -2.27. The van der Waals surface area contributed by atoms with Crippen molar-refractivity contribution in [2.75, 3.05) is 13.2 Å². The van der Waals surface area contributed by atoms with Crippen LogP contribution in [0.25, 0.3) is 0 Å². The molecule has 1 N–H and O–H groups in total. The highest BCUT2D eigenvalue weighted by molar-refractivity contribution is 5.33. The van der Waals surface area contributed by atoms with Crippen LogP contribution in [0.15, 0.2) is 4.42 Å². The SMILES string of the molecule is Cc1oc(C)c(C(O)C2CCCOC2)c1C. The van der Waals surface area contributed by atoms with Crippen molar-refractivity contribution >= 4 is 0 Å². The van der Waals surface area contributed by atoms with Crippen LogP contribution in [0.3, 0.4) is 0 Å². The predicted octanol–water partition coefficient (Wildman–Crippen LogP) is 2.66. The van der Waals surface area contributed by atoms with Crippen LogP contribution < -0.4 is 0 Å². The molecule has 2 unspecified atom stereocenters. The van der Waals surface area contributed by atoms with Gasteiger partial charge < -0.3 is 14.3 Å². The van der Waals surface area contributed by atoms with E-state index in [2.05, 4.69) is 0 Å². The lowest BCUT2D eigenvalue weighted by molar-refractivity contribution is -0.0106. The van der Waals surface area contributed by atoms with Gasteiger partial charge in [-0.3, -0.25) is 0 Å². The Morgan fingerprint density at radius 3 is 2.50 bits per heavy atom. The Bertz CT molecular complexity index is 361. The van der Waals surface area contributed by atoms with E-state index in [4.69, 9.17) is 9.15 Å². The Kier molecular flexibility index (Phi) is 3.36. The summed E-state index contributed by atoms with van der Waals surface area (Å²) in [6, 6.07) is 0. The van der Waals surface area contributed by atoms with Gasteiger partial charge in [0.25, 0.3) is 0 Å². The van der Waals surface area contributed by atoms with Crippen molar-refractivity contribution in [2.45, 2.75) is 39.7 Å². The molecule has 2 heterocycles. The van der Waals surface area contributed by atoms with Crippen molar-refractivity contribution in [3.63, 3.8) is 0 Å². The summed E-state index contributed by atoms with van der Waals surface area (Å²) in [5.74, 6) is 1.96. The molecule has 1 aliphatic rings. The molecule has 1 aromatic rings. The first kappa shape index (κ1) is 11.7. The fraction of sp³-hybridized carbons (Fsp3) is 0.692. The molecular weight excluding hydrogens is 204 g/mol. The van der Waals surface area contributed by atoms with E-state index < -0.39 is 6.10 Å². The van der Waals surface area contributed by atoms with E-state index in [0.717, 1.165) is 42.1 Å². The molecule has 1 aliphatic heterocycles. The minimum absolute atomic E-state index is 0.211. The number of hydrogen-bond donors (Lipinski definition) is 1. The lowest BCUT2D eigenvalue weighted by Crippen LogP contribution is -2.24. The number of aliphatic hydroxyl groups is 1. The third-order valence-corrected chi connectivity index (χ3v) is 3.56. The molecule has 3 heteroatoms.